The van der Waals surface area contributed by atoms with Gasteiger partial charge in [-0.2, -0.15) is 11.8 Å². The van der Waals surface area contributed by atoms with E-state index in [1.165, 1.54) is 6.07 Å². The van der Waals surface area contributed by atoms with Crippen LogP contribution in [-0.2, 0) is 6.42 Å². The first-order chi connectivity index (χ1) is 10.1. The monoisotopic (exact) mass is 348 g/mol. The number of imidazole rings is 1. The molecule has 1 aromatic carbocycles. The maximum atomic E-state index is 13.8. The molecule has 1 heterocycles. The highest BCUT2D eigenvalue weighted by Gasteiger charge is 2.17. The summed E-state index contributed by atoms with van der Waals surface area (Å²) < 4.78 is 15.9. The lowest BCUT2D eigenvalue weighted by Gasteiger charge is -2.17. The number of aromatic nitrogens is 2. The Bertz CT molecular complexity index is 615. The van der Waals surface area contributed by atoms with Gasteiger partial charge in [0.1, 0.15) is 11.6 Å². The van der Waals surface area contributed by atoms with Crippen molar-refractivity contribution in [1.29, 1.82) is 0 Å². The molecular weight excluding hydrogens is 330 g/mol. The van der Waals surface area contributed by atoms with Crippen LogP contribution in [0.3, 0.4) is 0 Å². The lowest BCUT2D eigenvalue weighted by molar-refractivity contribution is 0.527. The average molecular weight is 349 g/mol. The van der Waals surface area contributed by atoms with Gasteiger partial charge in [-0.25, -0.2) is 9.37 Å². The Balaban J connectivity index is 2.42. The summed E-state index contributed by atoms with van der Waals surface area (Å²) in [5.41, 5.74) is 1.53. The molecular formula is C15H19Cl2FN2S. The topological polar surface area (TPSA) is 17.8 Å². The standard InChI is InChI=1S/C15H19Cl2FN2S/c1-3-21-7-5-10(2)20-14-9-12(18)11(17)8-13(14)19-15(20)4-6-16/h8-10H,3-7H2,1-2H3. The van der Waals surface area contributed by atoms with Gasteiger partial charge in [-0.3, -0.25) is 0 Å². The third-order valence-corrected chi connectivity index (χ3v) is 4.86. The van der Waals surface area contributed by atoms with Gasteiger partial charge in [0, 0.05) is 24.4 Å². The van der Waals surface area contributed by atoms with Crippen molar-refractivity contribution in [2.75, 3.05) is 17.4 Å². The minimum absolute atomic E-state index is 0.110. The second-order valence-electron chi connectivity index (χ2n) is 4.93. The van der Waals surface area contributed by atoms with E-state index < -0.39 is 5.82 Å². The lowest BCUT2D eigenvalue weighted by Crippen LogP contribution is -2.11. The Labute approximate surface area is 139 Å². The van der Waals surface area contributed by atoms with Crippen LogP contribution >= 0.6 is 35.0 Å². The molecule has 0 spiro atoms. The van der Waals surface area contributed by atoms with Crippen LogP contribution < -0.4 is 0 Å². The zero-order valence-corrected chi connectivity index (χ0v) is 14.5. The second-order valence-corrected chi connectivity index (χ2v) is 7.11. The Hall–Kier alpha value is -0.450. The van der Waals surface area contributed by atoms with Gasteiger partial charge < -0.3 is 4.57 Å². The molecule has 1 aromatic heterocycles. The molecule has 2 aromatic rings. The average Bonchev–Trinajstić information content (AvgIpc) is 2.77. The SMILES string of the molecule is CCSCCC(C)n1c(CCCl)nc2cc(Cl)c(F)cc21. The smallest absolute Gasteiger partial charge is 0.144 e. The number of nitrogens with zero attached hydrogens (tertiary/aromatic N) is 2. The zero-order valence-electron chi connectivity index (χ0n) is 12.2. The molecule has 0 saturated heterocycles. The van der Waals surface area contributed by atoms with Crippen molar-refractivity contribution in [2.45, 2.75) is 32.7 Å². The van der Waals surface area contributed by atoms with E-state index in [0.717, 1.165) is 34.8 Å². The van der Waals surface area contributed by atoms with Crippen LogP contribution in [0.25, 0.3) is 11.0 Å². The first-order valence-corrected chi connectivity index (χ1v) is 9.14. The first kappa shape index (κ1) is 16.9. The molecule has 1 unspecified atom stereocenters. The van der Waals surface area contributed by atoms with Gasteiger partial charge in [-0.1, -0.05) is 18.5 Å². The fraction of sp³-hybridized carbons (Fsp3) is 0.533. The summed E-state index contributed by atoms with van der Waals surface area (Å²) in [4.78, 5) is 4.57. The van der Waals surface area contributed by atoms with Gasteiger partial charge >= 0.3 is 0 Å². The van der Waals surface area contributed by atoms with Crippen molar-refractivity contribution in [2.24, 2.45) is 0 Å². The van der Waals surface area contributed by atoms with Crippen LogP contribution in [0.2, 0.25) is 5.02 Å². The number of hydrogen-bond donors (Lipinski definition) is 0. The third kappa shape index (κ3) is 3.85. The summed E-state index contributed by atoms with van der Waals surface area (Å²) in [5.74, 6) is 3.17. The van der Waals surface area contributed by atoms with Gasteiger partial charge in [0.05, 0.1) is 16.1 Å². The number of fused-ring (bicyclic) bond motifs is 1. The number of halogens is 3. The molecule has 2 nitrogen and oxygen atoms in total. The summed E-state index contributed by atoms with van der Waals surface area (Å²) in [7, 11) is 0. The van der Waals surface area contributed by atoms with Crippen LogP contribution in [0.15, 0.2) is 12.1 Å². The van der Waals surface area contributed by atoms with Crippen LogP contribution in [0.4, 0.5) is 4.39 Å². The molecule has 2 rings (SSSR count). The molecule has 1 atom stereocenters. The van der Waals surface area contributed by atoms with E-state index in [-0.39, 0.29) is 11.1 Å². The van der Waals surface area contributed by atoms with E-state index in [0.29, 0.717) is 12.3 Å². The normalized spacial score (nSPS) is 13.0. The van der Waals surface area contributed by atoms with Crippen molar-refractivity contribution in [3.8, 4) is 0 Å². The molecule has 21 heavy (non-hydrogen) atoms. The second kappa shape index (κ2) is 7.70. The van der Waals surface area contributed by atoms with Gasteiger partial charge in [-0.15, -0.1) is 11.6 Å². The minimum atomic E-state index is -0.405. The molecule has 0 N–H and O–H groups in total. The van der Waals surface area contributed by atoms with E-state index in [1.807, 2.05) is 11.8 Å². The van der Waals surface area contributed by atoms with E-state index in [9.17, 15) is 4.39 Å². The number of alkyl halides is 1. The molecule has 0 fully saturated rings. The van der Waals surface area contributed by atoms with Gasteiger partial charge in [-0.05, 0) is 30.9 Å². The fourth-order valence-electron chi connectivity index (χ4n) is 2.42. The minimum Gasteiger partial charge on any atom is -0.325 e. The van der Waals surface area contributed by atoms with Crippen molar-refractivity contribution in [3.63, 3.8) is 0 Å². The molecule has 0 aliphatic carbocycles. The number of benzene rings is 1. The maximum Gasteiger partial charge on any atom is 0.144 e. The number of hydrogen-bond acceptors (Lipinski definition) is 2. The van der Waals surface area contributed by atoms with Crippen molar-refractivity contribution in [1.82, 2.24) is 9.55 Å². The fourth-order valence-corrected chi connectivity index (χ4v) is 3.54. The quantitative estimate of drug-likeness (QED) is 0.498. The Morgan fingerprint density at radius 1 is 1.43 bits per heavy atom. The summed E-state index contributed by atoms with van der Waals surface area (Å²) in [6, 6.07) is 3.33. The predicted molar refractivity (Wildman–Crippen MR) is 91.5 cm³/mol. The summed E-state index contributed by atoms with van der Waals surface area (Å²) in [6.45, 7) is 4.29. The van der Waals surface area contributed by atoms with E-state index in [1.54, 1.807) is 6.07 Å². The zero-order chi connectivity index (χ0) is 15.4. The van der Waals surface area contributed by atoms with E-state index in [2.05, 4.69) is 23.4 Å². The van der Waals surface area contributed by atoms with Crippen LogP contribution in [0.1, 0.15) is 32.1 Å². The van der Waals surface area contributed by atoms with Crippen molar-refractivity contribution in [3.05, 3.63) is 28.8 Å². The van der Waals surface area contributed by atoms with Crippen molar-refractivity contribution >= 4 is 46.0 Å². The number of thioether (sulfide) groups is 1. The van der Waals surface area contributed by atoms with Crippen LogP contribution in [0.5, 0.6) is 0 Å². The largest absolute Gasteiger partial charge is 0.325 e. The predicted octanol–water partition coefficient (Wildman–Crippen LogP) is 5.31. The highest BCUT2D eigenvalue weighted by Crippen LogP contribution is 2.28. The van der Waals surface area contributed by atoms with Gasteiger partial charge in [0.15, 0.2) is 0 Å². The lowest BCUT2D eigenvalue weighted by atomic mass is 10.2. The molecule has 0 amide bonds. The summed E-state index contributed by atoms with van der Waals surface area (Å²) in [6.07, 6.45) is 1.68. The molecule has 0 saturated carbocycles. The molecule has 0 bridgehead atoms. The maximum absolute atomic E-state index is 13.8. The van der Waals surface area contributed by atoms with Crippen molar-refractivity contribution < 1.29 is 4.39 Å². The van der Waals surface area contributed by atoms with E-state index >= 15 is 0 Å². The molecule has 0 aliphatic rings. The summed E-state index contributed by atoms with van der Waals surface area (Å²) in [5, 5.41) is 0.110. The number of rotatable bonds is 7. The highest BCUT2D eigenvalue weighted by atomic mass is 35.5. The highest BCUT2D eigenvalue weighted by molar-refractivity contribution is 7.99. The van der Waals surface area contributed by atoms with Gasteiger partial charge in [0.2, 0.25) is 0 Å². The van der Waals surface area contributed by atoms with E-state index in [4.69, 9.17) is 23.2 Å². The third-order valence-electron chi connectivity index (χ3n) is 3.45. The molecule has 0 radical (unpaired) electrons. The Morgan fingerprint density at radius 2 is 2.19 bits per heavy atom. The number of aryl methyl sites for hydroxylation is 1. The van der Waals surface area contributed by atoms with Crippen LogP contribution in [-0.4, -0.2) is 26.9 Å². The first-order valence-electron chi connectivity index (χ1n) is 7.08. The Kier molecular flexibility index (Phi) is 6.20. The Morgan fingerprint density at radius 3 is 2.86 bits per heavy atom. The van der Waals surface area contributed by atoms with Gasteiger partial charge in [0.25, 0.3) is 0 Å². The molecule has 6 heteroatoms. The summed E-state index contributed by atoms with van der Waals surface area (Å²) >= 11 is 13.6. The molecule has 116 valence electrons. The molecule has 0 aliphatic heterocycles. The van der Waals surface area contributed by atoms with Crippen LogP contribution in [0, 0.1) is 5.82 Å².